The molecule has 0 aliphatic carbocycles. The lowest BCUT2D eigenvalue weighted by atomic mass is 10.0. The fraction of sp³-hybridized carbons (Fsp3) is 0.692. The first-order valence-corrected chi connectivity index (χ1v) is 6.51. The zero-order valence-corrected chi connectivity index (χ0v) is 13.0. The van der Waals surface area contributed by atoms with Crippen LogP contribution in [0.3, 0.4) is 0 Å². The van der Waals surface area contributed by atoms with E-state index in [0.29, 0.717) is 18.2 Å². The third-order valence-electron chi connectivity index (χ3n) is 3.23. The van der Waals surface area contributed by atoms with E-state index in [-0.39, 0.29) is 24.4 Å². The molecule has 0 aliphatic heterocycles. The fourth-order valence-corrected chi connectivity index (χ4v) is 1.63. The topological polar surface area (TPSA) is 75.0 Å². The summed E-state index contributed by atoms with van der Waals surface area (Å²) < 4.78 is 0. The number of nitrogens with two attached hydrogens (primary N) is 1. The van der Waals surface area contributed by atoms with Crippen LogP contribution in [0.1, 0.15) is 43.4 Å². The summed E-state index contributed by atoms with van der Waals surface area (Å²) in [7, 11) is 1.79. The monoisotopic (exact) mass is 288 g/mol. The first kappa shape index (κ1) is 17.9. The molecule has 1 amide bonds. The number of hydrogen-bond donors (Lipinski definition) is 2. The molecule has 0 spiro atoms. The third-order valence-corrected chi connectivity index (χ3v) is 3.23. The van der Waals surface area contributed by atoms with Crippen LogP contribution >= 0.6 is 12.4 Å². The molecule has 3 N–H and O–H groups in total. The number of carbonyl (C=O) groups excluding carboxylic acids is 1. The number of halogens is 1. The number of aryl methyl sites for hydroxylation is 1. The first-order valence-electron chi connectivity index (χ1n) is 6.51. The summed E-state index contributed by atoms with van der Waals surface area (Å²) in [6.45, 7) is 6.86. The molecule has 6 heteroatoms. The van der Waals surface area contributed by atoms with Crippen molar-refractivity contribution in [2.75, 3.05) is 13.6 Å². The number of hydrogen-bond acceptors (Lipinski definition) is 3. The van der Waals surface area contributed by atoms with Crippen LogP contribution in [-0.4, -0.2) is 40.6 Å². The Bertz CT molecular complexity index is 392. The summed E-state index contributed by atoms with van der Waals surface area (Å²) in [6.07, 6.45) is 1.66. The molecule has 0 radical (unpaired) electrons. The van der Waals surface area contributed by atoms with E-state index in [4.69, 9.17) is 5.73 Å². The summed E-state index contributed by atoms with van der Waals surface area (Å²) in [4.78, 5) is 13.7. The molecule has 5 nitrogen and oxygen atoms in total. The SMILES string of the molecule is CCc1cc(C(=O)N(C)CCC(N)C(C)C)n[nH]1.Cl. The largest absolute Gasteiger partial charge is 0.340 e. The van der Waals surface area contributed by atoms with Gasteiger partial charge in [0.05, 0.1) is 0 Å². The van der Waals surface area contributed by atoms with Crippen molar-refractivity contribution in [1.82, 2.24) is 15.1 Å². The van der Waals surface area contributed by atoms with Crippen LogP contribution in [0.2, 0.25) is 0 Å². The first-order chi connectivity index (χ1) is 8.45. The second-order valence-corrected chi connectivity index (χ2v) is 5.06. The van der Waals surface area contributed by atoms with E-state index in [2.05, 4.69) is 24.0 Å². The Labute approximate surface area is 121 Å². The van der Waals surface area contributed by atoms with Crippen molar-refractivity contribution in [3.63, 3.8) is 0 Å². The second kappa shape index (κ2) is 8.17. The van der Waals surface area contributed by atoms with Gasteiger partial charge in [-0.15, -0.1) is 12.4 Å². The van der Waals surface area contributed by atoms with Crippen molar-refractivity contribution in [3.8, 4) is 0 Å². The minimum Gasteiger partial charge on any atom is -0.340 e. The Kier molecular flexibility index (Phi) is 7.71. The molecule has 0 saturated heterocycles. The maximum absolute atomic E-state index is 12.1. The number of nitrogens with one attached hydrogen (secondary N) is 1. The molecule has 1 atom stereocenters. The van der Waals surface area contributed by atoms with Gasteiger partial charge in [-0.05, 0) is 24.8 Å². The smallest absolute Gasteiger partial charge is 0.274 e. The Morgan fingerprint density at radius 1 is 1.53 bits per heavy atom. The third kappa shape index (κ3) is 5.20. The molecule has 1 aromatic heterocycles. The zero-order chi connectivity index (χ0) is 13.7. The summed E-state index contributed by atoms with van der Waals surface area (Å²) in [5.74, 6) is 0.382. The summed E-state index contributed by atoms with van der Waals surface area (Å²) in [6, 6.07) is 1.94. The van der Waals surface area contributed by atoms with Gasteiger partial charge in [-0.3, -0.25) is 9.89 Å². The van der Waals surface area contributed by atoms with Gasteiger partial charge in [0.1, 0.15) is 5.69 Å². The Morgan fingerprint density at radius 2 is 2.16 bits per heavy atom. The lowest BCUT2D eigenvalue weighted by Gasteiger charge is -2.20. The van der Waals surface area contributed by atoms with Gasteiger partial charge in [0.2, 0.25) is 0 Å². The van der Waals surface area contributed by atoms with Crippen LogP contribution in [0.5, 0.6) is 0 Å². The summed E-state index contributed by atoms with van der Waals surface area (Å²) >= 11 is 0. The molecule has 110 valence electrons. The van der Waals surface area contributed by atoms with Gasteiger partial charge >= 0.3 is 0 Å². The lowest BCUT2D eigenvalue weighted by molar-refractivity contribution is 0.0783. The van der Waals surface area contributed by atoms with Crippen LogP contribution in [0.25, 0.3) is 0 Å². The summed E-state index contributed by atoms with van der Waals surface area (Å²) in [5, 5.41) is 6.87. The molecule has 19 heavy (non-hydrogen) atoms. The van der Waals surface area contributed by atoms with Crippen molar-refractivity contribution in [1.29, 1.82) is 0 Å². The normalized spacial score (nSPS) is 12.1. The van der Waals surface area contributed by atoms with Crippen molar-refractivity contribution in [2.24, 2.45) is 11.7 Å². The lowest BCUT2D eigenvalue weighted by Crippen LogP contribution is -2.34. The van der Waals surface area contributed by atoms with Gasteiger partial charge < -0.3 is 10.6 Å². The number of aromatic nitrogens is 2. The maximum Gasteiger partial charge on any atom is 0.274 e. The van der Waals surface area contributed by atoms with Gasteiger partial charge in [0, 0.05) is 25.3 Å². The van der Waals surface area contributed by atoms with Gasteiger partial charge in [-0.1, -0.05) is 20.8 Å². The Morgan fingerprint density at radius 3 is 2.63 bits per heavy atom. The molecular formula is C13H25ClN4O. The van der Waals surface area contributed by atoms with Crippen molar-refractivity contribution in [2.45, 2.75) is 39.7 Å². The van der Waals surface area contributed by atoms with Gasteiger partial charge in [0.15, 0.2) is 0 Å². The molecule has 0 saturated carbocycles. The van der Waals surface area contributed by atoms with Crippen molar-refractivity contribution < 1.29 is 4.79 Å². The number of rotatable bonds is 6. The highest BCUT2D eigenvalue weighted by Gasteiger charge is 2.16. The maximum atomic E-state index is 12.1. The van der Waals surface area contributed by atoms with Gasteiger partial charge in [-0.25, -0.2) is 0 Å². The number of nitrogens with zero attached hydrogens (tertiary/aromatic N) is 2. The van der Waals surface area contributed by atoms with E-state index >= 15 is 0 Å². The molecule has 1 unspecified atom stereocenters. The minimum absolute atomic E-state index is 0. The van der Waals surface area contributed by atoms with E-state index in [1.54, 1.807) is 18.0 Å². The van der Waals surface area contributed by atoms with Gasteiger partial charge in [0.25, 0.3) is 5.91 Å². The van der Waals surface area contributed by atoms with Crippen molar-refractivity contribution >= 4 is 18.3 Å². The number of carbonyl (C=O) groups is 1. The van der Waals surface area contributed by atoms with E-state index in [1.807, 2.05) is 6.92 Å². The predicted octanol–water partition coefficient (Wildman–Crippen LogP) is 1.84. The average Bonchev–Trinajstić information content (AvgIpc) is 2.82. The number of amides is 1. The quantitative estimate of drug-likeness (QED) is 0.839. The molecular weight excluding hydrogens is 264 g/mol. The number of H-pyrrole nitrogens is 1. The van der Waals surface area contributed by atoms with Crippen LogP contribution in [0, 0.1) is 5.92 Å². The van der Waals surface area contributed by atoms with Crippen LogP contribution in [0.15, 0.2) is 6.07 Å². The average molecular weight is 289 g/mol. The second-order valence-electron chi connectivity index (χ2n) is 5.06. The number of aromatic amines is 1. The summed E-state index contributed by atoms with van der Waals surface area (Å²) in [5.41, 5.74) is 7.43. The molecule has 0 aromatic carbocycles. The minimum atomic E-state index is -0.0538. The van der Waals surface area contributed by atoms with E-state index < -0.39 is 0 Å². The molecule has 1 aromatic rings. The Hall–Kier alpha value is -1.07. The zero-order valence-electron chi connectivity index (χ0n) is 12.1. The molecule has 0 bridgehead atoms. The molecule has 1 rings (SSSR count). The van der Waals surface area contributed by atoms with E-state index in [1.165, 1.54) is 0 Å². The van der Waals surface area contributed by atoms with Crippen molar-refractivity contribution in [3.05, 3.63) is 17.5 Å². The van der Waals surface area contributed by atoms with Crippen LogP contribution in [-0.2, 0) is 6.42 Å². The predicted molar refractivity (Wildman–Crippen MR) is 79.6 cm³/mol. The molecule has 0 aliphatic rings. The van der Waals surface area contributed by atoms with Gasteiger partial charge in [-0.2, -0.15) is 5.10 Å². The highest BCUT2D eigenvalue weighted by atomic mass is 35.5. The molecule has 0 fully saturated rings. The molecule has 1 heterocycles. The van der Waals surface area contributed by atoms with Crippen LogP contribution < -0.4 is 5.73 Å². The highest BCUT2D eigenvalue weighted by molar-refractivity contribution is 5.92. The van der Waals surface area contributed by atoms with E-state index in [0.717, 1.165) is 18.5 Å². The van der Waals surface area contributed by atoms with Crippen LogP contribution in [0.4, 0.5) is 0 Å². The Balaban J connectivity index is 0.00000324. The standard InChI is InChI=1S/C13H24N4O.ClH/c1-5-10-8-12(16-15-10)13(18)17(4)7-6-11(14)9(2)3;/h8-9,11H,5-7,14H2,1-4H3,(H,15,16);1H. The highest BCUT2D eigenvalue weighted by Crippen LogP contribution is 2.07. The van der Waals surface area contributed by atoms with E-state index in [9.17, 15) is 4.79 Å². The fourth-order valence-electron chi connectivity index (χ4n) is 1.63.